The first-order chi connectivity index (χ1) is 24.4. The van der Waals surface area contributed by atoms with Crippen molar-refractivity contribution in [3.63, 3.8) is 0 Å². The molecule has 1 aliphatic heterocycles. The van der Waals surface area contributed by atoms with Gasteiger partial charge in [0.2, 0.25) is 0 Å². The van der Waals surface area contributed by atoms with Gasteiger partial charge in [0.15, 0.2) is 25.0 Å². The number of benzene rings is 1. The van der Waals surface area contributed by atoms with Gasteiger partial charge in [0, 0.05) is 25.9 Å². The lowest BCUT2D eigenvalue weighted by molar-refractivity contribution is -0.0217. The van der Waals surface area contributed by atoms with E-state index in [1.54, 1.807) is 0 Å². The third kappa shape index (κ3) is 16.2. The van der Waals surface area contributed by atoms with Gasteiger partial charge in [-0.1, -0.05) is 131 Å². The molecule has 1 saturated heterocycles. The quantitative estimate of drug-likeness (QED) is 0.0570. The Kier molecular flexibility index (Phi) is 19.0. The van der Waals surface area contributed by atoms with E-state index in [0.29, 0.717) is 13.0 Å². The molecule has 0 amide bonds. The summed E-state index contributed by atoms with van der Waals surface area (Å²) in [6.07, 6.45) is 13.3. The molecule has 0 saturated carbocycles. The van der Waals surface area contributed by atoms with E-state index >= 15 is 0 Å². The fraction of sp³-hybridized carbons (Fsp3) is 0.778. The molecule has 1 aromatic rings. The molecule has 0 spiro atoms. The average Bonchev–Trinajstić information content (AvgIpc) is 3.42. The van der Waals surface area contributed by atoms with Gasteiger partial charge >= 0.3 is 0 Å². The Bertz CT molecular complexity index is 1280. The standard InChI is InChI=1S/C45H82O5Si3/c1-17-18-23-30-38(48-51(11,12)43(2,3)4)32-33-40(49-52(13,14)44(5,6)7)41-35-42(50-53(15,16)45(8,9)10)39(47-41)31-26-20-19-21-27-34-46-36-37-28-24-22-25-29-37/h22,24-25,28-29,32-33,38-42H,17-19,21,23,27,30-31,34-36H2,1-16H3/b33-32+/t38-,39+,40-,41+,42+/m1/s1. The van der Waals surface area contributed by atoms with Crippen LogP contribution in [0.25, 0.3) is 0 Å². The van der Waals surface area contributed by atoms with Crippen molar-refractivity contribution < 1.29 is 22.8 Å². The van der Waals surface area contributed by atoms with Crippen LogP contribution in [0.15, 0.2) is 42.5 Å². The zero-order valence-electron chi connectivity index (χ0n) is 37.2. The summed E-state index contributed by atoms with van der Waals surface area (Å²) >= 11 is 0. The minimum Gasteiger partial charge on any atom is -0.411 e. The molecule has 0 aromatic heterocycles. The van der Waals surface area contributed by atoms with E-state index in [1.165, 1.54) is 18.4 Å². The first kappa shape index (κ1) is 48.1. The van der Waals surface area contributed by atoms with E-state index < -0.39 is 25.0 Å². The fourth-order valence-corrected chi connectivity index (χ4v) is 9.53. The summed E-state index contributed by atoms with van der Waals surface area (Å²) in [6.45, 7) is 38.7. The van der Waals surface area contributed by atoms with Crippen LogP contribution < -0.4 is 0 Å². The third-order valence-electron chi connectivity index (χ3n) is 12.3. The Labute approximate surface area is 331 Å². The zero-order chi connectivity index (χ0) is 40.1. The van der Waals surface area contributed by atoms with Crippen molar-refractivity contribution in [2.75, 3.05) is 6.61 Å². The number of hydrogen-bond donors (Lipinski definition) is 0. The van der Waals surface area contributed by atoms with E-state index in [2.05, 4.69) is 157 Å². The maximum absolute atomic E-state index is 7.26. The van der Waals surface area contributed by atoms with Gasteiger partial charge in [-0.3, -0.25) is 0 Å². The highest BCUT2D eigenvalue weighted by atomic mass is 28.4. The largest absolute Gasteiger partial charge is 0.411 e. The van der Waals surface area contributed by atoms with Crippen molar-refractivity contribution in [2.45, 2.75) is 219 Å². The van der Waals surface area contributed by atoms with Crippen molar-refractivity contribution in [2.24, 2.45) is 0 Å². The van der Waals surface area contributed by atoms with Crippen molar-refractivity contribution in [3.05, 3.63) is 48.0 Å². The molecule has 1 heterocycles. The summed E-state index contributed by atoms with van der Waals surface area (Å²) in [4.78, 5) is 0. The molecule has 1 aromatic carbocycles. The van der Waals surface area contributed by atoms with Crippen LogP contribution in [0.3, 0.4) is 0 Å². The summed E-state index contributed by atoms with van der Waals surface area (Å²) in [6, 6.07) is 10.4. The Morgan fingerprint density at radius 3 is 1.94 bits per heavy atom. The number of rotatable bonds is 20. The molecule has 5 nitrogen and oxygen atoms in total. The lowest BCUT2D eigenvalue weighted by Crippen LogP contribution is -2.47. The Balaban J connectivity index is 2.29. The first-order valence-corrected chi connectivity index (χ1v) is 29.6. The second-order valence-corrected chi connectivity index (χ2v) is 34.3. The van der Waals surface area contributed by atoms with E-state index in [1.807, 2.05) is 6.07 Å². The molecule has 53 heavy (non-hydrogen) atoms. The summed E-state index contributed by atoms with van der Waals surface area (Å²) in [5.41, 5.74) is 1.22. The predicted octanol–water partition coefficient (Wildman–Crippen LogP) is 13.2. The van der Waals surface area contributed by atoms with Gasteiger partial charge in [-0.2, -0.15) is 0 Å². The van der Waals surface area contributed by atoms with Crippen LogP contribution in [-0.4, -0.2) is 62.1 Å². The Hall–Kier alpha value is -1.03. The average molecular weight is 787 g/mol. The van der Waals surface area contributed by atoms with E-state index in [-0.39, 0.29) is 45.6 Å². The van der Waals surface area contributed by atoms with Gasteiger partial charge in [0.1, 0.15) is 0 Å². The van der Waals surface area contributed by atoms with E-state index in [0.717, 1.165) is 45.1 Å². The molecule has 0 unspecified atom stereocenters. The summed E-state index contributed by atoms with van der Waals surface area (Å²) in [5, 5.41) is 0.326. The molecule has 5 atom stereocenters. The molecule has 0 N–H and O–H groups in total. The van der Waals surface area contributed by atoms with Crippen LogP contribution in [0.2, 0.25) is 54.4 Å². The van der Waals surface area contributed by atoms with Crippen LogP contribution in [0.4, 0.5) is 0 Å². The normalized spacial score (nSPS) is 20.4. The minimum absolute atomic E-state index is 0.00988. The van der Waals surface area contributed by atoms with Crippen molar-refractivity contribution in [1.82, 2.24) is 0 Å². The maximum Gasteiger partial charge on any atom is 0.193 e. The van der Waals surface area contributed by atoms with Crippen molar-refractivity contribution >= 4 is 25.0 Å². The van der Waals surface area contributed by atoms with Gasteiger partial charge in [-0.25, -0.2) is 0 Å². The smallest absolute Gasteiger partial charge is 0.193 e. The van der Waals surface area contributed by atoms with Gasteiger partial charge in [0.05, 0.1) is 37.1 Å². The van der Waals surface area contributed by atoms with Crippen LogP contribution in [0, 0.1) is 11.8 Å². The first-order valence-electron chi connectivity index (χ1n) is 20.8. The van der Waals surface area contributed by atoms with Gasteiger partial charge in [-0.05, 0) is 79.2 Å². The highest BCUT2D eigenvalue weighted by Crippen LogP contribution is 2.43. The topological polar surface area (TPSA) is 46.2 Å². The summed E-state index contributed by atoms with van der Waals surface area (Å²) < 4.78 is 34.4. The van der Waals surface area contributed by atoms with Gasteiger partial charge < -0.3 is 22.8 Å². The Morgan fingerprint density at radius 1 is 0.755 bits per heavy atom. The van der Waals surface area contributed by atoms with E-state index in [9.17, 15) is 0 Å². The summed E-state index contributed by atoms with van der Waals surface area (Å²) in [7, 11) is -6.17. The SMILES string of the molecule is CCCCC[C@H](/C=C/[C@@H](O[Si](C)(C)C(C)(C)C)[C@@H]1C[C@H](O[Si](C)(C)C(C)(C)C)[C@H](CC#CCCCCOCc2ccccc2)O1)O[Si](C)(C)C(C)(C)C. The number of unbranched alkanes of at least 4 members (excludes halogenated alkanes) is 4. The number of ether oxygens (including phenoxy) is 2. The van der Waals surface area contributed by atoms with Crippen LogP contribution in [-0.2, 0) is 29.4 Å². The zero-order valence-corrected chi connectivity index (χ0v) is 40.2. The molecule has 0 bridgehead atoms. The predicted molar refractivity (Wildman–Crippen MR) is 235 cm³/mol. The highest BCUT2D eigenvalue weighted by Gasteiger charge is 2.48. The summed E-state index contributed by atoms with van der Waals surface area (Å²) in [5.74, 6) is 6.96. The molecule has 2 rings (SSSR count). The molecule has 8 heteroatoms. The van der Waals surface area contributed by atoms with Crippen molar-refractivity contribution in [1.29, 1.82) is 0 Å². The minimum atomic E-state index is -2.14. The third-order valence-corrected chi connectivity index (χ3v) is 25.8. The second kappa shape index (κ2) is 20.9. The van der Waals surface area contributed by atoms with Crippen LogP contribution >= 0.6 is 0 Å². The van der Waals surface area contributed by atoms with Crippen LogP contribution in [0.5, 0.6) is 0 Å². The van der Waals surface area contributed by atoms with Gasteiger partial charge in [0.25, 0.3) is 0 Å². The maximum atomic E-state index is 7.26. The lowest BCUT2D eigenvalue weighted by Gasteiger charge is -2.40. The van der Waals surface area contributed by atoms with Crippen molar-refractivity contribution in [3.8, 4) is 11.8 Å². The Morgan fingerprint density at radius 2 is 1.36 bits per heavy atom. The molecule has 0 aliphatic carbocycles. The highest BCUT2D eigenvalue weighted by molar-refractivity contribution is 6.75. The lowest BCUT2D eigenvalue weighted by atomic mass is 10.0. The molecule has 1 fully saturated rings. The molecule has 1 aliphatic rings. The monoisotopic (exact) mass is 787 g/mol. The molecular formula is C45H82O5Si3. The van der Waals surface area contributed by atoms with E-state index in [4.69, 9.17) is 22.8 Å². The second-order valence-electron chi connectivity index (χ2n) is 20.1. The van der Waals surface area contributed by atoms with Gasteiger partial charge in [-0.15, -0.1) is 11.8 Å². The molecular weight excluding hydrogens is 705 g/mol. The molecule has 0 radical (unpaired) electrons. The molecule has 304 valence electrons. The van der Waals surface area contributed by atoms with Crippen LogP contribution in [0.1, 0.15) is 133 Å². The fourth-order valence-electron chi connectivity index (χ4n) is 5.60. The number of hydrogen-bond acceptors (Lipinski definition) is 5.